The number of fused-ring (bicyclic) bond motifs is 1. The van der Waals surface area contributed by atoms with Gasteiger partial charge >= 0.3 is 0 Å². The Kier molecular flexibility index (Phi) is 5.23. The highest BCUT2D eigenvalue weighted by molar-refractivity contribution is 7.94. The fraction of sp³-hybridized carbons (Fsp3) is 0.200. The van der Waals surface area contributed by atoms with E-state index in [0.717, 1.165) is 16.2 Å². The van der Waals surface area contributed by atoms with Gasteiger partial charge in [0.15, 0.2) is 0 Å². The summed E-state index contributed by atoms with van der Waals surface area (Å²) in [5.74, 6) is 0.118. The van der Waals surface area contributed by atoms with Crippen molar-refractivity contribution in [2.45, 2.75) is 25.1 Å². The van der Waals surface area contributed by atoms with Crippen molar-refractivity contribution in [3.63, 3.8) is 0 Å². The number of ether oxygens (including phenoxy) is 1. The van der Waals surface area contributed by atoms with Crippen LogP contribution in [0, 0.1) is 20.8 Å². The van der Waals surface area contributed by atoms with Gasteiger partial charge in [-0.25, -0.2) is 15.0 Å². The van der Waals surface area contributed by atoms with Crippen molar-refractivity contribution in [3.05, 3.63) is 63.3 Å². The molecule has 0 amide bonds. The predicted octanol–water partition coefficient (Wildman–Crippen LogP) is 2.95. The van der Waals surface area contributed by atoms with Gasteiger partial charge in [0.25, 0.3) is 15.6 Å². The van der Waals surface area contributed by atoms with Crippen molar-refractivity contribution in [3.8, 4) is 17.0 Å². The Hall–Kier alpha value is -3.31. The van der Waals surface area contributed by atoms with E-state index in [1.807, 2.05) is 6.92 Å². The molecule has 0 aliphatic heterocycles. The first-order valence-electron chi connectivity index (χ1n) is 9.19. The summed E-state index contributed by atoms with van der Waals surface area (Å²) >= 11 is 1.09. The second-order valence-corrected chi connectivity index (χ2v) is 9.96. The van der Waals surface area contributed by atoms with Crippen LogP contribution in [0.1, 0.15) is 16.1 Å². The number of anilines is 1. The van der Waals surface area contributed by atoms with Crippen molar-refractivity contribution in [1.82, 2.24) is 19.4 Å². The second-order valence-electron chi connectivity index (χ2n) is 6.90. The molecular formula is C20H19N5O4S2. The van der Waals surface area contributed by atoms with Crippen LogP contribution in [0.5, 0.6) is 5.88 Å². The summed E-state index contributed by atoms with van der Waals surface area (Å²) in [4.78, 5) is 25.9. The van der Waals surface area contributed by atoms with Crippen LogP contribution in [0.3, 0.4) is 0 Å². The number of hydrogen-bond acceptors (Lipinski definition) is 8. The van der Waals surface area contributed by atoms with E-state index in [4.69, 9.17) is 4.74 Å². The zero-order chi connectivity index (χ0) is 22.3. The van der Waals surface area contributed by atoms with Crippen LogP contribution in [-0.2, 0) is 10.0 Å². The Morgan fingerprint density at radius 3 is 2.55 bits per heavy atom. The highest BCUT2D eigenvalue weighted by Gasteiger charge is 2.22. The van der Waals surface area contributed by atoms with Crippen LogP contribution in [0.15, 0.2) is 45.9 Å². The van der Waals surface area contributed by atoms with Crippen LogP contribution in [0.4, 0.5) is 5.69 Å². The quantitative estimate of drug-likeness (QED) is 0.490. The minimum absolute atomic E-state index is 0.0336. The zero-order valence-corrected chi connectivity index (χ0v) is 18.8. The summed E-state index contributed by atoms with van der Waals surface area (Å²) in [6, 6.07) is 5.10. The molecule has 0 spiro atoms. The first-order valence-corrected chi connectivity index (χ1v) is 11.5. The van der Waals surface area contributed by atoms with E-state index in [1.165, 1.54) is 17.7 Å². The van der Waals surface area contributed by atoms with Crippen molar-refractivity contribution in [2.75, 3.05) is 11.8 Å². The Bertz CT molecular complexity index is 1460. The largest absolute Gasteiger partial charge is 0.480 e. The molecule has 0 aliphatic carbocycles. The molecule has 4 aromatic heterocycles. The Balaban J connectivity index is 1.78. The van der Waals surface area contributed by atoms with Crippen molar-refractivity contribution in [2.24, 2.45) is 0 Å². The molecule has 11 heteroatoms. The molecule has 0 unspecified atom stereocenters. The lowest BCUT2D eigenvalue weighted by Crippen LogP contribution is -2.17. The van der Waals surface area contributed by atoms with Gasteiger partial charge in [0.2, 0.25) is 10.2 Å². The van der Waals surface area contributed by atoms with E-state index in [-0.39, 0.29) is 21.5 Å². The Labute approximate surface area is 182 Å². The van der Waals surface area contributed by atoms with Crippen molar-refractivity contribution in [1.29, 1.82) is 0 Å². The van der Waals surface area contributed by atoms with Gasteiger partial charge in [-0.1, -0.05) is 0 Å². The molecule has 0 radical (unpaired) electrons. The Morgan fingerprint density at radius 2 is 1.87 bits per heavy atom. The van der Waals surface area contributed by atoms with Crippen LogP contribution < -0.4 is 15.0 Å². The van der Waals surface area contributed by atoms with Gasteiger partial charge in [0, 0.05) is 40.2 Å². The van der Waals surface area contributed by atoms with E-state index in [1.54, 1.807) is 44.4 Å². The fourth-order valence-corrected chi connectivity index (χ4v) is 5.29. The van der Waals surface area contributed by atoms with E-state index >= 15 is 0 Å². The van der Waals surface area contributed by atoms with E-state index in [9.17, 15) is 13.2 Å². The number of nitrogens with one attached hydrogen (secondary N) is 1. The van der Waals surface area contributed by atoms with Gasteiger partial charge in [-0.3, -0.25) is 13.9 Å². The van der Waals surface area contributed by atoms with E-state index in [2.05, 4.69) is 19.7 Å². The lowest BCUT2D eigenvalue weighted by atomic mass is 10.1. The summed E-state index contributed by atoms with van der Waals surface area (Å²) in [5, 5.41) is 0. The lowest BCUT2D eigenvalue weighted by molar-refractivity contribution is 0.400. The molecule has 0 aromatic carbocycles. The summed E-state index contributed by atoms with van der Waals surface area (Å²) < 4.78 is 34.8. The predicted molar refractivity (Wildman–Crippen MR) is 118 cm³/mol. The standard InChI is InChI=1S/C20H19N5O4S2/c1-11-8-21-17-6-5-14(10-25(17)19(11)26)15-7-16(18(29-4)22-9-15)24-31(27,28)20-23-12(2)13(3)30-20/h5-10,24H,1-4H3. The molecule has 0 bridgehead atoms. The van der Waals surface area contributed by atoms with E-state index < -0.39 is 10.0 Å². The molecule has 31 heavy (non-hydrogen) atoms. The van der Waals surface area contributed by atoms with Crippen molar-refractivity contribution < 1.29 is 13.2 Å². The number of sulfonamides is 1. The Morgan fingerprint density at radius 1 is 1.10 bits per heavy atom. The topological polar surface area (TPSA) is 116 Å². The number of nitrogens with zero attached hydrogens (tertiary/aromatic N) is 4. The van der Waals surface area contributed by atoms with Gasteiger partial charge in [0.1, 0.15) is 11.3 Å². The number of aryl methyl sites for hydroxylation is 3. The molecule has 4 aromatic rings. The third-order valence-electron chi connectivity index (χ3n) is 4.73. The van der Waals surface area contributed by atoms with Gasteiger partial charge in [-0.05, 0) is 39.0 Å². The van der Waals surface area contributed by atoms with E-state index in [0.29, 0.717) is 28.0 Å². The average molecular weight is 458 g/mol. The third-order valence-corrected chi connectivity index (χ3v) is 7.55. The van der Waals surface area contributed by atoms with Crippen LogP contribution in [0.2, 0.25) is 0 Å². The lowest BCUT2D eigenvalue weighted by Gasteiger charge is -2.12. The zero-order valence-electron chi connectivity index (χ0n) is 17.2. The maximum Gasteiger partial charge on any atom is 0.289 e. The first kappa shape index (κ1) is 20.9. The highest BCUT2D eigenvalue weighted by atomic mass is 32.2. The molecule has 0 aliphatic rings. The average Bonchev–Trinajstić information content (AvgIpc) is 3.10. The third kappa shape index (κ3) is 3.89. The molecule has 4 heterocycles. The second kappa shape index (κ2) is 7.75. The number of methoxy groups -OCH3 is 1. The minimum atomic E-state index is -3.92. The van der Waals surface area contributed by atoms with Crippen LogP contribution in [-0.4, -0.2) is 34.9 Å². The molecule has 0 saturated carbocycles. The molecular weight excluding hydrogens is 438 g/mol. The van der Waals surface area contributed by atoms with Gasteiger partial charge in [0.05, 0.1) is 12.8 Å². The van der Waals surface area contributed by atoms with Crippen LogP contribution >= 0.6 is 11.3 Å². The SMILES string of the molecule is COc1ncc(-c2ccc3ncc(C)c(=O)n3c2)cc1NS(=O)(=O)c1nc(C)c(C)s1. The molecule has 0 atom stereocenters. The van der Waals surface area contributed by atoms with Crippen LogP contribution in [0.25, 0.3) is 16.8 Å². The first-order chi connectivity index (χ1) is 14.7. The monoisotopic (exact) mass is 457 g/mol. The summed E-state index contributed by atoms with van der Waals surface area (Å²) in [6.45, 7) is 5.26. The maximum absolute atomic E-state index is 12.8. The number of rotatable bonds is 5. The molecule has 1 N–H and O–H groups in total. The van der Waals surface area contributed by atoms with Gasteiger partial charge < -0.3 is 4.74 Å². The maximum atomic E-state index is 12.8. The summed E-state index contributed by atoms with van der Waals surface area (Å²) in [7, 11) is -2.52. The van der Waals surface area contributed by atoms with Gasteiger partial charge in [-0.15, -0.1) is 11.3 Å². The molecule has 4 rings (SSSR count). The number of thiazole rings is 1. The summed E-state index contributed by atoms with van der Waals surface area (Å²) in [5.41, 5.74) is 2.94. The highest BCUT2D eigenvalue weighted by Crippen LogP contribution is 2.31. The number of hydrogen-bond donors (Lipinski definition) is 1. The molecule has 9 nitrogen and oxygen atoms in total. The fourth-order valence-electron chi connectivity index (χ4n) is 2.93. The minimum Gasteiger partial charge on any atom is -0.480 e. The normalized spacial score (nSPS) is 11.6. The number of pyridine rings is 2. The van der Waals surface area contributed by atoms with Gasteiger partial charge in [-0.2, -0.15) is 8.42 Å². The molecule has 160 valence electrons. The summed E-state index contributed by atoms with van der Waals surface area (Å²) in [6.07, 6.45) is 4.72. The smallest absolute Gasteiger partial charge is 0.289 e. The molecule has 0 saturated heterocycles. The van der Waals surface area contributed by atoms with Crippen molar-refractivity contribution >= 4 is 32.7 Å². The number of aromatic nitrogens is 4. The molecule has 0 fully saturated rings.